The van der Waals surface area contributed by atoms with E-state index in [2.05, 4.69) is 13.0 Å². The van der Waals surface area contributed by atoms with Crippen LogP contribution in [0.2, 0.25) is 0 Å². The lowest BCUT2D eigenvalue weighted by atomic mass is 10.1. The quantitative estimate of drug-likeness (QED) is 0.590. The lowest BCUT2D eigenvalue weighted by molar-refractivity contribution is 0.0565. The van der Waals surface area contributed by atoms with Gasteiger partial charge in [-0.3, -0.25) is 0 Å². The van der Waals surface area contributed by atoms with Gasteiger partial charge in [0, 0.05) is 6.61 Å². The fourth-order valence-electron chi connectivity index (χ4n) is 0.892. The number of hydrogen-bond acceptors (Lipinski definition) is 2. The van der Waals surface area contributed by atoms with Crippen LogP contribution in [0.5, 0.6) is 0 Å². The van der Waals surface area contributed by atoms with Crippen LogP contribution >= 0.6 is 0 Å². The average molecular weight is 167 g/mol. The Kier molecular flexibility index (Phi) is 5.40. The van der Waals surface area contributed by atoms with Crippen molar-refractivity contribution in [2.75, 3.05) is 6.61 Å². The minimum atomic E-state index is -0.732. The van der Waals surface area contributed by atoms with E-state index in [4.69, 9.17) is 10.00 Å². The van der Waals surface area contributed by atoms with Crippen LogP contribution in [-0.2, 0) is 4.74 Å². The Hall–Kier alpha value is -0.810. The Morgan fingerprint density at radius 2 is 2.17 bits per heavy atom. The molecule has 0 aliphatic rings. The summed E-state index contributed by atoms with van der Waals surface area (Å²) >= 11 is 0. The second kappa shape index (κ2) is 5.79. The molecule has 0 fully saturated rings. The number of ether oxygens (including phenoxy) is 1. The molecule has 0 rings (SSSR count). The largest absolute Gasteiger partial charge is 0.357 e. The predicted molar refractivity (Wildman–Crippen MR) is 49.7 cm³/mol. The maximum Gasteiger partial charge on any atom is 0.169 e. The maximum atomic E-state index is 8.79. The van der Waals surface area contributed by atoms with Gasteiger partial charge in [0.15, 0.2) is 5.60 Å². The Labute approximate surface area is 74.8 Å². The molecule has 0 heterocycles. The zero-order chi connectivity index (χ0) is 9.45. The smallest absolute Gasteiger partial charge is 0.169 e. The Morgan fingerprint density at radius 3 is 2.58 bits per heavy atom. The van der Waals surface area contributed by atoms with Crippen molar-refractivity contribution in [2.24, 2.45) is 0 Å². The molecule has 1 unspecified atom stereocenters. The summed E-state index contributed by atoms with van der Waals surface area (Å²) in [7, 11) is 0. The maximum absolute atomic E-state index is 8.79. The SMILES string of the molecule is CCC/C=C/C(C)(C#N)OCC. The third kappa shape index (κ3) is 4.15. The van der Waals surface area contributed by atoms with E-state index in [1.165, 1.54) is 0 Å². The molecule has 0 N–H and O–H groups in total. The first kappa shape index (κ1) is 11.2. The predicted octanol–water partition coefficient (Wildman–Crippen LogP) is 2.66. The average Bonchev–Trinajstić information content (AvgIpc) is 2.06. The number of allylic oxidation sites excluding steroid dienone is 1. The van der Waals surface area contributed by atoms with Gasteiger partial charge in [0.05, 0.1) is 0 Å². The third-order valence-electron chi connectivity index (χ3n) is 1.56. The summed E-state index contributed by atoms with van der Waals surface area (Å²) in [4.78, 5) is 0. The molecule has 12 heavy (non-hydrogen) atoms. The van der Waals surface area contributed by atoms with Crippen molar-refractivity contribution in [1.29, 1.82) is 5.26 Å². The minimum absolute atomic E-state index is 0.570. The molecular weight excluding hydrogens is 150 g/mol. The van der Waals surface area contributed by atoms with E-state index >= 15 is 0 Å². The van der Waals surface area contributed by atoms with Crippen molar-refractivity contribution in [3.63, 3.8) is 0 Å². The monoisotopic (exact) mass is 167 g/mol. The van der Waals surface area contributed by atoms with E-state index in [-0.39, 0.29) is 0 Å². The molecule has 0 aromatic carbocycles. The number of unbranched alkanes of at least 4 members (excludes halogenated alkanes) is 1. The molecule has 0 saturated carbocycles. The van der Waals surface area contributed by atoms with Gasteiger partial charge in [-0.15, -0.1) is 0 Å². The lowest BCUT2D eigenvalue weighted by Crippen LogP contribution is -2.23. The first-order valence-electron chi connectivity index (χ1n) is 4.41. The van der Waals surface area contributed by atoms with Crippen LogP contribution in [0.4, 0.5) is 0 Å². The topological polar surface area (TPSA) is 33.0 Å². The summed E-state index contributed by atoms with van der Waals surface area (Å²) in [6.45, 7) is 6.35. The van der Waals surface area contributed by atoms with Gasteiger partial charge in [0.2, 0.25) is 0 Å². The van der Waals surface area contributed by atoms with Gasteiger partial charge in [-0.1, -0.05) is 19.4 Å². The second-order valence-corrected chi connectivity index (χ2v) is 2.84. The van der Waals surface area contributed by atoms with Gasteiger partial charge >= 0.3 is 0 Å². The molecule has 68 valence electrons. The highest BCUT2D eigenvalue weighted by Gasteiger charge is 2.18. The zero-order valence-corrected chi connectivity index (χ0v) is 8.13. The molecule has 0 aromatic rings. The number of hydrogen-bond donors (Lipinski definition) is 0. The van der Waals surface area contributed by atoms with Gasteiger partial charge in [0.25, 0.3) is 0 Å². The van der Waals surface area contributed by atoms with Gasteiger partial charge < -0.3 is 4.74 Å². The van der Waals surface area contributed by atoms with E-state index in [1.54, 1.807) is 6.92 Å². The van der Waals surface area contributed by atoms with Crippen molar-refractivity contribution < 1.29 is 4.74 Å². The van der Waals surface area contributed by atoms with Crippen molar-refractivity contribution in [1.82, 2.24) is 0 Å². The van der Waals surface area contributed by atoms with Gasteiger partial charge in [-0.05, 0) is 26.3 Å². The first-order chi connectivity index (χ1) is 5.68. The summed E-state index contributed by atoms with van der Waals surface area (Å²) < 4.78 is 5.28. The number of nitriles is 1. The van der Waals surface area contributed by atoms with Gasteiger partial charge in [0.1, 0.15) is 6.07 Å². The molecule has 0 radical (unpaired) electrons. The molecule has 0 bridgehead atoms. The number of rotatable bonds is 5. The molecule has 0 aliphatic carbocycles. The normalized spacial score (nSPS) is 15.8. The summed E-state index contributed by atoms with van der Waals surface area (Å²) in [6.07, 6.45) is 5.94. The molecular formula is C10H17NO. The third-order valence-corrected chi connectivity index (χ3v) is 1.56. The summed E-state index contributed by atoms with van der Waals surface area (Å²) in [5.41, 5.74) is -0.732. The highest BCUT2D eigenvalue weighted by molar-refractivity contribution is 5.13. The van der Waals surface area contributed by atoms with Gasteiger partial charge in [-0.25, -0.2) is 0 Å². The summed E-state index contributed by atoms with van der Waals surface area (Å²) in [6, 6.07) is 2.13. The lowest BCUT2D eigenvalue weighted by Gasteiger charge is -2.16. The molecule has 0 saturated heterocycles. The zero-order valence-electron chi connectivity index (χ0n) is 8.13. The van der Waals surface area contributed by atoms with Crippen molar-refractivity contribution in [3.05, 3.63) is 12.2 Å². The summed E-state index contributed by atoms with van der Waals surface area (Å²) in [5.74, 6) is 0. The Bertz CT molecular complexity index is 181. The molecule has 0 aromatic heterocycles. The van der Waals surface area contributed by atoms with Crippen LogP contribution in [0.25, 0.3) is 0 Å². The van der Waals surface area contributed by atoms with Crippen LogP contribution in [0.1, 0.15) is 33.6 Å². The van der Waals surface area contributed by atoms with Crippen LogP contribution in [0.15, 0.2) is 12.2 Å². The first-order valence-corrected chi connectivity index (χ1v) is 4.41. The highest BCUT2D eigenvalue weighted by Crippen LogP contribution is 2.11. The van der Waals surface area contributed by atoms with Crippen LogP contribution in [0.3, 0.4) is 0 Å². The molecule has 0 aliphatic heterocycles. The van der Waals surface area contributed by atoms with E-state index in [9.17, 15) is 0 Å². The molecule has 0 spiro atoms. The minimum Gasteiger partial charge on any atom is -0.357 e. The van der Waals surface area contributed by atoms with Crippen LogP contribution in [-0.4, -0.2) is 12.2 Å². The fraction of sp³-hybridized carbons (Fsp3) is 0.700. The van der Waals surface area contributed by atoms with Crippen LogP contribution < -0.4 is 0 Å². The van der Waals surface area contributed by atoms with E-state index < -0.39 is 5.60 Å². The highest BCUT2D eigenvalue weighted by atomic mass is 16.5. The standard InChI is InChI=1S/C10H17NO/c1-4-6-7-8-10(3,9-11)12-5-2/h7-8H,4-6H2,1-3H3/b8-7+. The molecule has 1 atom stereocenters. The van der Waals surface area contributed by atoms with Crippen molar-refractivity contribution >= 4 is 0 Å². The van der Waals surface area contributed by atoms with E-state index in [0.29, 0.717) is 6.61 Å². The Morgan fingerprint density at radius 1 is 1.50 bits per heavy atom. The van der Waals surface area contributed by atoms with Crippen molar-refractivity contribution in [3.8, 4) is 6.07 Å². The summed E-state index contributed by atoms with van der Waals surface area (Å²) in [5, 5.41) is 8.79. The molecule has 2 nitrogen and oxygen atoms in total. The van der Waals surface area contributed by atoms with Crippen molar-refractivity contribution in [2.45, 2.75) is 39.2 Å². The number of nitrogens with zero attached hydrogens (tertiary/aromatic N) is 1. The second-order valence-electron chi connectivity index (χ2n) is 2.84. The van der Waals surface area contributed by atoms with Gasteiger partial charge in [-0.2, -0.15) is 5.26 Å². The fourth-order valence-corrected chi connectivity index (χ4v) is 0.892. The van der Waals surface area contributed by atoms with E-state index in [0.717, 1.165) is 12.8 Å². The Balaban J connectivity index is 4.06. The van der Waals surface area contributed by atoms with Crippen LogP contribution in [0, 0.1) is 11.3 Å². The molecule has 0 amide bonds. The van der Waals surface area contributed by atoms with E-state index in [1.807, 2.05) is 19.1 Å². The molecule has 2 heteroatoms.